The average Bonchev–Trinajstić information content (AvgIpc) is 3.85. The third kappa shape index (κ3) is 9.43. The molecular formula is C34H32ClFKN3O7. The summed E-state index contributed by atoms with van der Waals surface area (Å²) in [5.74, 6) is -0.565. The maximum absolute atomic E-state index is 13.2. The van der Waals surface area contributed by atoms with Crippen LogP contribution in [0.15, 0.2) is 66.9 Å². The number of carbonyl (C=O) groups is 3. The quantitative estimate of drug-likeness (QED) is 0.110. The SMILES string of the molecule is COc1cc2c(Oc3ccc(NC(=O)C4(C(=O)Nc5ccc(F)cc5)CC4)cc3Cl)ccnc2cc1OCCCCCCC(=O)[O-].[K+]. The monoisotopic (exact) mass is 687 g/mol. The van der Waals surface area contributed by atoms with E-state index in [1.165, 1.54) is 37.4 Å². The van der Waals surface area contributed by atoms with Gasteiger partial charge >= 0.3 is 51.4 Å². The van der Waals surface area contributed by atoms with Gasteiger partial charge in [0, 0.05) is 35.0 Å². The molecule has 0 aliphatic heterocycles. The minimum absolute atomic E-state index is 0. The summed E-state index contributed by atoms with van der Waals surface area (Å²) in [5.41, 5.74) is 0.189. The average molecular weight is 688 g/mol. The molecule has 10 nitrogen and oxygen atoms in total. The van der Waals surface area contributed by atoms with Crippen molar-refractivity contribution >= 4 is 51.7 Å². The Morgan fingerprint density at radius 3 is 2.21 bits per heavy atom. The summed E-state index contributed by atoms with van der Waals surface area (Å²) in [5, 5.41) is 16.9. The van der Waals surface area contributed by atoms with Crippen molar-refractivity contribution < 1.29 is 89.5 Å². The van der Waals surface area contributed by atoms with Crippen molar-refractivity contribution in [1.82, 2.24) is 4.98 Å². The number of unbranched alkanes of at least 4 members (excludes halogenated alkanes) is 3. The standard InChI is InChI=1S/C34H33ClFN3O7.K/c1-44-29-19-24-26(20-30(29)45-17-5-3-2-4-6-31(40)41)37-16-13-27(24)46-28-12-11-23(18-25(28)35)39-33(43)34(14-15-34)32(42)38-22-9-7-21(36)8-10-22;/h7-13,16,18-20H,2-6,14-15,17H2,1H3,(H,38,42)(H,39,43)(H,40,41);/q;+1/p-1. The number of aromatic nitrogens is 1. The third-order valence-electron chi connectivity index (χ3n) is 7.65. The Bertz CT molecular complexity index is 1750. The Labute approximate surface area is 318 Å². The summed E-state index contributed by atoms with van der Waals surface area (Å²) in [4.78, 5) is 41.0. The van der Waals surface area contributed by atoms with Gasteiger partial charge in [0.05, 0.1) is 24.3 Å². The minimum atomic E-state index is -1.21. The molecule has 240 valence electrons. The fourth-order valence-electron chi connectivity index (χ4n) is 4.89. The second-order valence-electron chi connectivity index (χ2n) is 11.0. The van der Waals surface area contributed by atoms with Gasteiger partial charge < -0.3 is 34.7 Å². The number of hydrogen-bond donors (Lipinski definition) is 2. The number of carbonyl (C=O) groups excluding carboxylic acids is 3. The topological polar surface area (TPSA) is 139 Å². The van der Waals surface area contributed by atoms with Crippen LogP contribution in [0.2, 0.25) is 5.02 Å². The molecule has 1 heterocycles. The van der Waals surface area contributed by atoms with Crippen LogP contribution in [-0.2, 0) is 14.4 Å². The molecule has 4 aromatic rings. The van der Waals surface area contributed by atoms with Crippen LogP contribution in [0.4, 0.5) is 15.8 Å². The molecule has 1 aromatic heterocycles. The number of nitrogens with one attached hydrogen (secondary N) is 2. The number of carboxylic acids is 1. The van der Waals surface area contributed by atoms with E-state index in [4.69, 9.17) is 25.8 Å². The molecule has 5 rings (SSSR count). The van der Waals surface area contributed by atoms with Gasteiger partial charge in [-0.05, 0) is 86.7 Å². The predicted molar refractivity (Wildman–Crippen MR) is 169 cm³/mol. The number of anilines is 2. The molecule has 47 heavy (non-hydrogen) atoms. The van der Waals surface area contributed by atoms with E-state index in [0.29, 0.717) is 71.1 Å². The number of methoxy groups -OCH3 is 1. The van der Waals surface area contributed by atoms with Crippen molar-refractivity contribution in [2.24, 2.45) is 5.41 Å². The Morgan fingerprint density at radius 1 is 0.872 bits per heavy atom. The second-order valence-corrected chi connectivity index (χ2v) is 11.4. The Balaban J connectivity index is 0.00000500. The first-order chi connectivity index (χ1) is 22.2. The molecule has 0 bridgehead atoms. The maximum atomic E-state index is 13.2. The molecule has 13 heteroatoms. The number of fused-ring (bicyclic) bond motifs is 1. The van der Waals surface area contributed by atoms with Gasteiger partial charge in [0.15, 0.2) is 11.5 Å². The molecule has 2 amide bonds. The van der Waals surface area contributed by atoms with Crippen LogP contribution >= 0.6 is 11.6 Å². The van der Waals surface area contributed by atoms with Crippen LogP contribution in [0.5, 0.6) is 23.0 Å². The van der Waals surface area contributed by atoms with Crippen LogP contribution in [-0.4, -0.2) is 36.5 Å². The zero-order chi connectivity index (χ0) is 32.7. The molecule has 0 spiro atoms. The number of benzene rings is 3. The molecule has 1 fully saturated rings. The van der Waals surface area contributed by atoms with Crippen LogP contribution < -0.4 is 81.3 Å². The van der Waals surface area contributed by atoms with Crippen molar-refractivity contribution in [3.8, 4) is 23.0 Å². The second kappa shape index (κ2) is 16.7. The number of carboxylic acid groups (broad SMARTS) is 1. The Morgan fingerprint density at radius 2 is 1.55 bits per heavy atom. The maximum Gasteiger partial charge on any atom is 1.00 e. The van der Waals surface area contributed by atoms with Crippen molar-refractivity contribution in [3.63, 3.8) is 0 Å². The third-order valence-corrected chi connectivity index (χ3v) is 7.95. The molecule has 2 N–H and O–H groups in total. The number of hydrogen-bond acceptors (Lipinski definition) is 8. The van der Waals surface area contributed by atoms with Gasteiger partial charge in [0.2, 0.25) is 11.8 Å². The molecule has 3 aromatic carbocycles. The first-order valence-corrected chi connectivity index (χ1v) is 15.2. The molecule has 1 saturated carbocycles. The molecule has 0 radical (unpaired) electrons. The minimum Gasteiger partial charge on any atom is -0.550 e. The fraction of sp³-hybridized carbons (Fsp3) is 0.294. The Kier molecular flexibility index (Phi) is 13.0. The molecule has 0 saturated heterocycles. The van der Waals surface area contributed by atoms with E-state index >= 15 is 0 Å². The smallest absolute Gasteiger partial charge is 0.550 e. The summed E-state index contributed by atoms with van der Waals surface area (Å²) in [7, 11) is 1.53. The summed E-state index contributed by atoms with van der Waals surface area (Å²) in [6.07, 6.45) is 5.37. The van der Waals surface area contributed by atoms with Gasteiger partial charge in [-0.2, -0.15) is 0 Å². The van der Waals surface area contributed by atoms with E-state index in [2.05, 4.69) is 15.6 Å². The summed E-state index contributed by atoms with van der Waals surface area (Å²) >= 11 is 6.55. The number of rotatable bonds is 15. The van der Waals surface area contributed by atoms with E-state index < -0.39 is 29.0 Å². The first-order valence-electron chi connectivity index (χ1n) is 14.8. The summed E-state index contributed by atoms with van der Waals surface area (Å²) < 4.78 is 30.8. The normalized spacial score (nSPS) is 12.8. The number of nitrogens with zero attached hydrogens (tertiary/aromatic N) is 1. The van der Waals surface area contributed by atoms with E-state index in [1.54, 1.807) is 36.5 Å². The molecule has 1 aliphatic rings. The Hall–Kier alpha value is -3.26. The van der Waals surface area contributed by atoms with Gasteiger partial charge in [-0.15, -0.1) is 0 Å². The molecular weight excluding hydrogens is 656 g/mol. The van der Waals surface area contributed by atoms with E-state index in [1.807, 2.05) is 0 Å². The zero-order valence-electron chi connectivity index (χ0n) is 26.1. The van der Waals surface area contributed by atoms with Gasteiger partial charge in [0.25, 0.3) is 0 Å². The van der Waals surface area contributed by atoms with Crippen LogP contribution in [0.3, 0.4) is 0 Å². The molecule has 1 aliphatic carbocycles. The van der Waals surface area contributed by atoms with Crippen LogP contribution in [0.25, 0.3) is 10.9 Å². The van der Waals surface area contributed by atoms with E-state index in [0.717, 1.165) is 19.3 Å². The van der Waals surface area contributed by atoms with E-state index in [9.17, 15) is 23.9 Å². The van der Waals surface area contributed by atoms with Gasteiger partial charge in [-0.3, -0.25) is 14.6 Å². The van der Waals surface area contributed by atoms with Crippen LogP contribution in [0, 0.1) is 11.2 Å². The number of aliphatic carboxylic acids is 1. The van der Waals surface area contributed by atoms with Gasteiger partial charge in [-0.1, -0.05) is 24.4 Å². The van der Waals surface area contributed by atoms with Gasteiger partial charge in [-0.25, -0.2) is 4.39 Å². The van der Waals surface area contributed by atoms with Crippen molar-refractivity contribution in [2.75, 3.05) is 24.4 Å². The van der Waals surface area contributed by atoms with Crippen molar-refractivity contribution in [3.05, 3.63) is 77.7 Å². The van der Waals surface area contributed by atoms with Gasteiger partial charge in [0.1, 0.15) is 22.7 Å². The predicted octanol–water partition coefficient (Wildman–Crippen LogP) is 3.27. The van der Waals surface area contributed by atoms with Crippen LogP contribution in [0.1, 0.15) is 44.9 Å². The zero-order valence-corrected chi connectivity index (χ0v) is 29.9. The number of amides is 2. The molecule has 0 unspecified atom stereocenters. The number of pyridine rings is 1. The summed E-state index contributed by atoms with van der Waals surface area (Å²) in [6.45, 7) is 0.432. The largest absolute Gasteiger partial charge is 1.00 e. The first kappa shape index (κ1) is 36.6. The van der Waals surface area contributed by atoms with Crippen molar-refractivity contribution in [1.29, 1.82) is 0 Å². The number of halogens is 2. The van der Waals surface area contributed by atoms with Crippen molar-refractivity contribution in [2.45, 2.75) is 44.9 Å². The molecule has 0 atom stereocenters. The number of ether oxygens (including phenoxy) is 3. The fourth-order valence-corrected chi connectivity index (χ4v) is 5.11. The van der Waals surface area contributed by atoms with E-state index in [-0.39, 0.29) is 62.8 Å². The summed E-state index contributed by atoms with van der Waals surface area (Å²) in [6, 6.07) is 15.3.